The van der Waals surface area contributed by atoms with Gasteiger partial charge in [-0.1, -0.05) is 42.0 Å². The number of nitrogens with two attached hydrogens (primary N) is 1. The number of nitrogens with zero attached hydrogens (tertiary/aromatic N) is 3. The lowest BCUT2D eigenvalue weighted by Gasteiger charge is -2.30. The summed E-state index contributed by atoms with van der Waals surface area (Å²) < 4.78 is 2.17. The highest BCUT2D eigenvalue weighted by Crippen LogP contribution is 2.38. The molecule has 1 saturated heterocycles. The Morgan fingerprint density at radius 2 is 1.60 bits per heavy atom. The van der Waals surface area contributed by atoms with Crippen molar-refractivity contribution < 1.29 is 4.79 Å². The van der Waals surface area contributed by atoms with Crippen LogP contribution in [-0.2, 0) is 6.54 Å². The Labute approximate surface area is 206 Å². The first-order valence-corrected chi connectivity index (χ1v) is 12.3. The van der Waals surface area contributed by atoms with E-state index in [2.05, 4.69) is 60.9 Å². The second-order valence-electron chi connectivity index (χ2n) is 9.43. The van der Waals surface area contributed by atoms with E-state index in [1.165, 1.54) is 5.56 Å². The summed E-state index contributed by atoms with van der Waals surface area (Å²) in [7, 11) is 0. The lowest BCUT2D eigenvalue weighted by Crippen LogP contribution is -2.42. The molecule has 176 valence electrons. The molecule has 0 saturated carbocycles. The van der Waals surface area contributed by atoms with Crippen LogP contribution < -0.4 is 5.73 Å². The summed E-state index contributed by atoms with van der Waals surface area (Å²) in [6.07, 6.45) is 3.68. The number of carbonyl (C=O) groups is 1. The summed E-state index contributed by atoms with van der Waals surface area (Å²) in [6.45, 7) is 6.36. The number of benzene rings is 3. The molecule has 0 spiro atoms. The van der Waals surface area contributed by atoms with Crippen molar-refractivity contribution in [1.82, 2.24) is 9.47 Å². The number of likely N-dealkylation sites (tertiary alicyclic amines) is 1. The molecule has 35 heavy (non-hydrogen) atoms. The van der Waals surface area contributed by atoms with Crippen molar-refractivity contribution in [3.8, 4) is 28.3 Å². The molecule has 1 amide bonds. The molecule has 0 atom stereocenters. The number of rotatable bonds is 4. The molecule has 2 heterocycles. The summed E-state index contributed by atoms with van der Waals surface area (Å²) in [6, 6.07) is 22.9. The second kappa shape index (κ2) is 9.40. The van der Waals surface area contributed by atoms with Gasteiger partial charge < -0.3 is 15.2 Å². The van der Waals surface area contributed by atoms with E-state index in [4.69, 9.17) is 5.73 Å². The van der Waals surface area contributed by atoms with Crippen molar-refractivity contribution in [3.05, 3.63) is 83.6 Å². The molecular weight excluding hydrogens is 432 g/mol. The van der Waals surface area contributed by atoms with Crippen LogP contribution in [0.25, 0.3) is 33.2 Å². The highest BCUT2D eigenvalue weighted by molar-refractivity contribution is 6.09. The van der Waals surface area contributed by atoms with Crippen LogP contribution in [0.4, 0.5) is 0 Å². The Morgan fingerprint density at radius 3 is 2.20 bits per heavy atom. The normalized spacial score (nSPS) is 14.3. The van der Waals surface area contributed by atoms with E-state index in [0.29, 0.717) is 18.7 Å². The lowest BCUT2D eigenvalue weighted by molar-refractivity contribution is 0.0716. The third-order valence-electron chi connectivity index (χ3n) is 7.11. The van der Waals surface area contributed by atoms with Gasteiger partial charge >= 0.3 is 0 Å². The molecule has 3 aromatic carbocycles. The maximum absolute atomic E-state index is 13.6. The molecule has 1 aliphatic rings. The molecule has 5 heteroatoms. The van der Waals surface area contributed by atoms with E-state index >= 15 is 0 Å². The first-order valence-electron chi connectivity index (χ1n) is 12.3. The Kier molecular flexibility index (Phi) is 6.15. The number of aromatic nitrogens is 1. The summed E-state index contributed by atoms with van der Waals surface area (Å²) >= 11 is 0. The maximum atomic E-state index is 13.6. The number of nitriles is 1. The molecule has 0 bridgehead atoms. The van der Waals surface area contributed by atoms with E-state index in [1.807, 2.05) is 35.4 Å². The van der Waals surface area contributed by atoms with E-state index in [-0.39, 0.29) is 11.9 Å². The number of hydrogen-bond donors (Lipinski definition) is 1. The van der Waals surface area contributed by atoms with E-state index < -0.39 is 0 Å². The first-order chi connectivity index (χ1) is 17.0. The van der Waals surface area contributed by atoms with Crippen LogP contribution in [0.15, 0.2) is 66.9 Å². The highest BCUT2D eigenvalue weighted by Gasteiger charge is 2.25. The zero-order valence-electron chi connectivity index (χ0n) is 20.3. The standard InChI is InChI=1S/C30H30N4O/c1-3-33-19-28(30(35)34-14-12-24(32)13-15-34)27-16-25(23-10-6-21(18-31)7-11-23)26(17-29(27)33)22-8-4-20(2)5-9-22/h4-11,16-17,19,24H,3,12-15,32H2,1-2H3. The van der Waals surface area contributed by atoms with Gasteiger partial charge in [-0.3, -0.25) is 4.79 Å². The largest absolute Gasteiger partial charge is 0.347 e. The molecule has 2 N–H and O–H groups in total. The van der Waals surface area contributed by atoms with Gasteiger partial charge in [-0.15, -0.1) is 0 Å². The number of amides is 1. The topological polar surface area (TPSA) is 75.1 Å². The van der Waals surface area contributed by atoms with E-state index in [9.17, 15) is 10.1 Å². The second-order valence-corrected chi connectivity index (χ2v) is 9.43. The lowest BCUT2D eigenvalue weighted by atomic mass is 9.91. The van der Waals surface area contributed by atoms with Crippen molar-refractivity contribution in [1.29, 1.82) is 5.26 Å². The van der Waals surface area contributed by atoms with Gasteiger partial charge in [0, 0.05) is 42.8 Å². The minimum atomic E-state index is 0.0722. The molecule has 0 aliphatic carbocycles. The fraction of sp³-hybridized carbons (Fsp3) is 0.267. The van der Waals surface area contributed by atoms with Gasteiger partial charge in [0.05, 0.1) is 17.2 Å². The Hall–Kier alpha value is -3.88. The molecular formula is C30H30N4O. The minimum absolute atomic E-state index is 0.0722. The molecule has 0 radical (unpaired) electrons. The molecule has 5 rings (SSSR count). The molecule has 0 unspecified atom stereocenters. The Bertz CT molecular complexity index is 1420. The van der Waals surface area contributed by atoms with Crippen molar-refractivity contribution in [3.63, 3.8) is 0 Å². The van der Waals surface area contributed by atoms with Crippen LogP contribution in [0.1, 0.15) is 41.3 Å². The summed E-state index contributed by atoms with van der Waals surface area (Å²) in [4.78, 5) is 15.5. The fourth-order valence-corrected chi connectivity index (χ4v) is 4.98. The van der Waals surface area contributed by atoms with Gasteiger partial charge in [0.15, 0.2) is 0 Å². The first kappa shape index (κ1) is 22.9. The number of hydrogen-bond acceptors (Lipinski definition) is 3. The third-order valence-corrected chi connectivity index (χ3v) is 7.11. The van der Waals surface area contributed by atoms with Gasteiger partial charge in [0.25, 0.3) is 5.91 Å². The average molecular weight is 463 g/mol. The van der Waals surface area contributed by atoms with Crippen molar-refractivity contribution >= 4 is 16.8 Å². The zero-order valence-corrected chi connectivity index (χ0v) is 20.3. The van der Waals surface area contributed by atoms with E-state index in [1.54, 1.807) is 0 Å². The van der Waals surface area contributed by atoms with Gasteiger partial charge in [0.2, 0.25) is 0 Å². The summed E-state index contributed by atoms with van der Waals surface area (Å²) in [5.74, 6) is 0.0722. The van der Waals surface area contributed by atoms with Gasteiger partial charge in [-0.25, -0.2) is 0 Å². The monoisotopic (exact) mass is 462 g/mol. The number of aryl methyl sites for hydroxylation is 2. The van der Waals surface area contributed by atoms with Crippen LogP contribution in [0.3, 0.4) is 0 Å². The van der Waals surface area contributed by atoms with Crippen molar-refractivity contribution in [2.24, 2.45) is 5.73 Å². The average Bonchev–Trinajstić information content (AvgIpc) is 3.26. The quantitative estimate of drug-likeness (QED) is 0.420. The van der Waals surface area contributed by atoms with Crippen molar-refractivity contribution in [2.45, 2.75) is 39.3 Å². The Morgan fingerprint density at radius 1 is 1.00 bits per heavy atom. The van der Waals surface area contributed by atoms with Crippen LogP contribution in [0.5, 0.6) is 0 Å². The minimum Gasteiger partial charge on any atom is -0.347 e. The third kappa shape index (κ3) is 4.34. The van der Waals surface area contributed by atoms with Crippen LogP contribution in [-0.4, -0.2) is 34.5 Å². The molecule has 4 aromatic rings. The van der Waals surface area contributed by atoms with Gasteiger partial charge in [-0.05, 0) is 73.2 Å². The van der Waals surface area contributed by atoms with Crippen molar-refractivity contribution in [2.75, 3.05) is 13.1 Å². The SMILES string of the molecule is CCn1cc(C(=O)N2CCC(N)CC2)c2cc(-c3ccc(C#N)cc3)c(-c3ccc(C)cc3)cc21. The number of fused-ring (bicyclic) bond motifs is 1. The molecule has 5 nitrogen and oxygen atoms in total. The predicted octanol–water partition coefficient (Wildman–Crippen LogP) is 5.74. The van der Waals surface area contributed by atoms with E-state index in [0.717, 1.165) is 58.1 Å². The molecule has 1 aliphatic heterocycles. The number of piperidine rings is 1. The predicted molar refractivity (Wildman–Crippen MR) is 141 cm³/mol. The van der Waals surface area contributed by atoms with Crippen LogP contribution in [0.2, 0.25) is 0 Å². The summed E-state index contributed by atoms with van der Waals surface area (Å²) in [5.41, 5.74) is 14.0. The van der Waals surface area contributed by atoms with Gasteiger partial charge in [0.1, 0.15) is 0 Å². The molecule has 1 aromatic heterocycles. The van der Waals surface area contributed by atoms with Crippen LogP contribution in [0, 0.1) is 18.3 Å². The van der Waals surface area contributed by atoms with Gasteiger partial charge in [-0.2, -0.15) is 5.26 Å². The Balaban J connectivity index is 1.71. The zero-order chi connectivity index (χ0) is 24.5. The van der Waals surface area contributed by atoms with Crippen LogP contribution >= 0.6 is 0 Å². The highest BCUT2D eigenvalue weighted by atomic mass is 16.2. The summed E-state index contributed by atoms with van der Waals surface area (Å²) in [5, 5.41) is 10.2. The fourth-order valence-electron chi connectivity index (χ4n) is 4.98. The smallest absolute Gasteiger partial charge is 0.256 e. The maximum Gasteiger partial charge on any atom is 0.256 e. The number of carbonyl (C=O) groups excluding carboxylic acids is 1. The molecule has 1 fully saturated rings.